The first-order chi connectivity index (χ1) is 12.4. The minimum atomic E-state index is -0.580. The first kappa shape index (κ1) is 25.4. The number of rotatable bonds is 10. The SMILES string of the molecule is CCNC(=NCC(C)(C)C(=O)NC)Nc1cccc(OCCCOC)c1.I. The van der Waals surface area contributed by atoms with E-state index in [1.807, 2.05) is 45.0 Å². The molecule has 0 aliphatic heterocycles. The predicted molar refractivity (Wildman–Crippen MR) is 121 cm³/mol. The fourth-order valence-electron chi connectivity index (χ4n) is 2.19. The molecule has 0 aliphatic rings. The number of nitrogens with one attached hydrogen (secondary N) is 3. The van der Waals surface area contributed by atoms with E-state index in [0.29, 0.717) is 25.7 Å². The van der Waals surface area contributed by atoms with E-state index in [4.69, 9.17) is 9.47 Å². The van der Waals surface area contributed by atoms with Crippen LogP contribution in [0.1, 0.15) is 27.2 Å². The third-order valence-electron chi connectivity index (χ3n) is 3.68. The maximum atomic E-state index is 11.9. The van der Waals surface area contributed by atoms with E-state index in [-0.39, 0.29) is 29.9 Å². The van der Waals surface area contributed by atoms with Crippen LogP contribution in [0.4, 0.5) is 5.69 Å². The van der Waals surface area contributed by atoms with Crippen molar-refractivity contribution in [2.24, 2.45) is 10.4 Å². The molecular weight excluding hydrogens is 459 g/mol. The zero-order valence-electron chi connectivity index (χ0n) is 16.9. The Hall–Kier alpha value is -1.55. The van der Waals surface area contributed by atoms with E-state index in [0.717, 1.165) is 24.4 Å². The molecule has 0 heterocycles. The van der Waals surface area contributed by atoms with Gasteiger partial charge in [0, 0.05) is 45.5 Å². The average molecular weight is 492 g/mol. The van der Waals surface area contributed by atoms with Crippen molar-refractivity contribution in [3.63, 3.8) is 0 Å². The monoisotopic (exact) mass is 492 g/mol. The number of hydrogen-bond acceptors (Lipinski definition) is 4. The molecule has 0 bridgehead atoms. The molecule has 7 nitrogen and oxygen atoms in total. The molecule has 1 aromatic carbocycles. The molecule has 1 aromatic rings. The first-order valence-corrected chi connectivity index (χ1v) is 8.92. The number of aliphatic imine (C=N–C) groups is 1. The molecule has 8 heteroatoms. The van der Waals surface area contributed by atoms with Gasteiger partial charge in [-0.3, -0.25) is 9.79 Å². The highest BCUT2D eigenvalue weighted by Crippen LogP contribution is 2.18. The van der Waals surface area contributed by atoms with Crippen molar-refractivity contribution in [2.45, 2.75) is 27.2 Å². The summed E-state index contributed by atoms with van der Waals surface area (Å²) < 4.78 is 10.7. The number of nitrogens with zero attached hydrogens (tertiary/aromatic N) is 1. The van der Waals surface area contributed by atoms with Gasteiger partial charge in [-0.15, -0.1) is 24.0 Å². The maximum absolute atomic E-state index is 11.9. The molecule has 3 N–H and O–H groups in total. The third-order valence-corrected chi connectivity index (χ3v) is 3.68. The number of benzene rings is 1. The second kappa shape index (κ2) is 13.6. The fourth-order valence-corrected chi connectivity index (χ4v) is 2.19. The molecule has 154 valence electrons. The largest absolute Gasteiger partial charge is 0.493 e. The molecule has 1 amide bonds. The Labute approximate surface area is 179 Å². The summed E-state index contributed by atoms with van der Waals surface area (Å²) in [6.07, 6.45) is 0.840. The Morgan fingerprint density at radius 1 is 1.26 bits per heavy atom. The van der Waals surface area contributed by atoms with E-state index in [1.165, 1.54) is 0 Å². The standard InChI is InChI=1S/C19H32N4O3.HI/c1-6-21-18(22-14-19(2,3)17(24)20-4)23-15-9-7-10-16(13-15)26-12-8-11-25-5;/h7,9-10,13H,6,8,11-12,14H2,1-5H3,(H,20,24)(H2,21,22,23);1H. The van der Waals surface area contributed by atoms with Crippen LogP contribution < -0.4 is 20.7 Å². The minimum absolute atomic E-state index is 0. The van der Waals surface area contributed by atoms with Gasteiger partial charge in [-0.05, 0) is 32.9 Å². The van der Waals surface area contributed by atoms with Crippen LogP contribution in [0, 0.1) is 5.41 Å². The molecule has 0 fully saturated rings. The zero-order chi connectivity index (χ0) is 19.4. The molecule has 0 aromatic heterocycles. The fraction of sp³-hybridized carbons (Fsp3) is 0.579. The lowest BCUT2D eigenvalue weighted by atomic mass is 9.93. The van der Waals surface area contributed by atoms with Crippen molar-refractivity contribution in [1.29, 1.82) is 0 Å². The second-order valence-electron chi connectivity index (χ2n) is 6.51. The van der Waals surface area contributed by atoms with Gasteiger partial charge in [-0.2, -0.15) is 0 Å². The predicted octanol–water partition coefficient (Wildman–Crippen LogP) is 2.87. The molecular formula is C19H33IN4O3. The van der Waals surface area contributed by atoms with Gasteiger partial charge in [0.15, 0.2) is 5.96 Å². The first-order valence-electron chi connectivity index (χ1n) is 8.92. The van der Waals surface area contributed by atoms with Gasteiger partial charge in [-0.25, -0.2) is 0 Å². The Bertz CT molecular complexity index is 594. The highest BCUT2D eigenvalue weighted by Gasteiger charge is 2.26. The molecule has 27 heavy (non-hydrogen) atoms. The normalized spacial score (nSPS) is 11.4. The summed E-state index contributed by atoms with van der Waals surface area (Å²) in [6, 6.07) is 7.70. The van der Waals surface area contributed by atoms with E-state index < -0.39 is 5.41 Å². The lowest BCUT2D eigenvalue weighted by Gasteiger charge is -2.21. The number of halogens is 1. The number of amides is 1. The number of methoxy groups -OCH3 is 1. The summed E-state index contributed by atoms with van der Waals surface area (Å²) in [5.74, 6) is 1.37. The average Bonchev–Trinajstić information content (AvgIpc) is 2.63. The van der Waals surface area contributed by atoms with Gasteiger partial charge < -0.3 is 25.4 Å². The molecule has 0 aliphatic carbocycles. The smallest absolute Gasteiger partial charge is 0.227 e. The van der Waals surface area contributed by atoms with Crippen LogP contribution in [0.15, 0.2) is 29.3 Å². The topological polar surface area (TPSA) is 84.0 Å². The van der Waals surface area contributed by atoms with Crippen molar-refractivity contribution in [3.8, 4) is 5.75 Å². The number of carbonyl (C=O) groups excluding carboxylic acids is 1. The van der Waals surface area contributed by atoms with Gasteiger partial charge in [0.2, 0.25) is 5.91 Å². The van der Waals surface area contributed by atoms with Crippen LogP contribution in [-0.4, -0.2) is 52.3 Å². The molecule has 0 atom stereocenters. The molecule has 0 spiro atoms. The van der Waals surface area contributed by atoms with E-state index >= 15 is 0 Å². The lowest BCUT2D eigenvalue weighted by Crippen LogP contribution is -2.38. The van der Waals surface area contributed by atoms with Crippen molar-refractivity contribution in [2.75, 3.05) is 45.8 Å². The third kappa shape index (κ3) is 9.81. The van der Waals surface area contributed by atoms with Gasteiger partial charge in [0.25, 0.3) is 0 Å². The maximum Gasteiger partial charge on any atom is 0.227 e. The van der Waals surface area contributed by atoms with Crippen LogP contribution >= 0.6 is 24.0 Å². The Kier molecular flexibility index (Phi) is 12.8. The van der Waals surface area contributed by atoms with Crippen LogP contribution in [0.5, 0.6) is 5.75 Å². The van der Waals surface area contributed by atoms with Gasteiger partial charge in [-0.1, -0.05) is 6.07 Å². The molecule has 0 saturated heterocycles. The summed E-state index contributed by atoms with van der Waals surface area (Å²) >= 11 is 0. The Balaban J connectivity index is 0.00000676. The van der Waals surface area contributed by atoms with E-state index in [2.05, 4.69) is 20.9 Å². The Morgan fingerprint density at radius 3 is 2.63 bits per heavy atom. The van der Waals surface area contributed by atoms with Crippen LogP contribution in [-0.2, 0) is 9.53 Å². The zero-order valence-corrected chi connectivity index (χ0v) is 19.3. The number of carbonyl (C=O) groups is 1. The number of guanidine groups is 1. The summed E-state index contributed by atoms with van der Waals surface area (Å²) in [4.78, 5) is 16.4. The molecule has 1 rings (SSSR count). The van der Waals surface area contributed by atoms with Crippen molar-refractivity contribution < 1.29 is 14.3 Å². The minimum Gasteiger partial charge on any atom is -0.493 e. The molecule has 0 radical (unpaired) electrons. The number of ether oxygens (including phenoxy) is 2. The van der Waals surface area contributed by atoms with E-state index in [9.17, 15) is 4.79 Å². The summed E-state index contributed by atoms with van der Waals surface area (Å²) in [7, 11) is 3.31. The lowest BCUT2D eigenvalue weighted by molar-refractivity contribution is -0.128. The highest BCUT2D eigenvalue weighted by molar-refractivity contribution is 14.0. The van der Waals surface area contributed by atoms with Gasteiger partial charge in [0.05, 0.1) is 18.6 Å². The van der Waals surface area contributed by atoms with Crippen LogP contribution in [0.2, 0.25) is 0 Å². The summed E-state index contributed by atoms with van der Waals surface area (Å²) in [5.41, 5.74) is 0.287. The van der Waals surface area contributed by atoms with Gasteiger partial charge in [0.1, 0.15) is 5.75 Å². The Morgan fingerprint density at radius 2 is 2.00 bits per heavy atom. The molecule has 0 saturated carbocycles. The molecule has 0 unspecified atom stereocenters. The van der Waals surface area contributed by atoms with E-state index in [1.54, 1.807) is 14.2 Å². The van der Waals surface area contributed by atoms with Crippen LogP contribution in [0.3, 0.4) is 0 Å². The van der Waals surface area contributed by atoms with Crippen molar-refractivity contribution in [3.05, 3.63) is 24.3 Å². The number of anilines is 1. The second-order valence-corrected chi connectivity index (χ2v) is 6.51. The van der Waals surface area contributed by atoms with Crippen molar-refractivity contribution >= 4 is 41.5 Å². The van der Waals surface area contributed by atoms with Crippen LogP contribution in [0.25, 0.3) is 0 Å². The highest BCUT2D eigenvalue weighted by atomic mass is 127. The summed E-state index contributed by atoms with van der Waals surface area (Å²) in [5, 5.41) is 9.12. The van der Waals surface area contributed by atoms with Gasteiger partial charge >= 0.3 is 0 Å². The quantitative estimate of drug-likeness (QED) is 0.203. The summed E-state index contributed by atoms with van der Waals surface area (Å²) in [6.45, 7) is 8.11. The van der Waals surface area contributed by atoms with Crippen molar-refractivity contribution in [1.82, 2.24) is 10.6 Å². The number of hydrogen-bond donors (Lipinski definition) is 3.